The van der Waals surface area contributed by atoms with Crippen LogP contribution in [-0.2, 0) is 4.57 Å². The van der Waals surface area contributed by atoms with E-state index in [-0.39, 0.29) is 83.2 Å². The van der Waals surface area contributed by atoms with Crippen molar-refractivity contribution in [3.05, 3.63) is 30.5 Å². The molecule has 3 aromatic rings. The van der Waals surface area contributed by atoms with Crippen molar-refractivity contribution in [2.45, 2.75) is 0 Å². The van der Waals surface area contributed by atoms with Gasteiger partial charge in [-0.15, -0.1) is 5.10 Å². The largest absolute Gasteiger partial charge is 1.00 e. The van der Waals surface area contributed by atoms with Crippen LogP contribution in [0.4, 0.5) is 0 Å². The summed E-state index contributed by atoms with van der Waals surface area (Å²) in [6.45, 7) is 0.0557. The number of hydrogen-bond donors (Lipinski definition) is 0. The van der Waals surface area contributed by atoms with E-state index in [0.717, 1.165) is 0 Å². The fourth-order valence-corrected chi connectivity index (χ4v) is 3.50. The van der Waals surface area contributed by atoms with Gasteiger partial charge in [-0.2, -0.15) is 0 Å². The van der Waals surface area contributed by atoms with Gasteiger partial charge in [0.05, 0.1) is 38.9 Å². The molecule has 0 aliphatic carbocycles. The fraction of sp³-hybridized carbons (Fsp3) is 0.222. The molecule has 1 aliphatic rings. The molecule has 2 heterocycles. The zero-order valence-electron chi connectivity index (χ0n) is 18.6. The van der Waals surface area contributed by atoms with Crippen molar-refractivity contribution < 1.29 is 102 Å². The van der Waals surface area contributed by atoms with Gasteiger partial charge in [-0.05, 0) is 12.1 Å². The number of fused-ring (bicyclic) bond motifs is 1. The number of benzene rings is 2. The van der Waals surface area contributed by atoms with Gasteiger partial charge in [0.25, 0.3) is 0 Å². The molecule has 1 aromatic heterocycles. The van der Waals surface area contributed by atoms with Crippen LogP contribution in [0.2, 0.25) is 0 Å². The number of methoxy groups -OCH3 is 3. The van der Waals surface area contributed by atoms with E-state index in [1.165, 1.54) is 38.3 Å². The second-order valence-electron chi connectivity index (χ2n) is 6.16. The molecule has 0 fully saturated rings. The molecule has 2 aromatic carbocycles. The van der Waals surface area contributed by atoms with Gasteiger partial charge in [0.1, 0.15) is 7.82 Å². The Balaban J connectivity index is 0.00000193. The minimum atomic E-state index is -5.37. The Bertz CT molecular complexity index is 1190. The third-order valence-electron chi connectivity index (χ3n) is 4.39. The average Bonchev–Trinajstić information content (AvgIpc) is 3.40. The first-order valence-electron chi connectivity index (χ1n) is 8.71. The van der Waals surface area contributed by atoms with Crippen LogP contribution in [0.25, 0.3) is 16.9 Å². The summed E-state index contributed by atoms with van der Waals surface area (Å²) in [7, 11) is -1.23. The van der Waals surface area contributed by atoms with Gasteiger partial charge in [-0.25, -0.2) is 4.68 Å². The van der Waals surface area contributed by atoms with Gasteiger partial charge in [-0.1, -0.05) is 5.21 Å². The van der Waals surface area contributed by atoms with Crippen molar-refractivity contribution in [1.82, 2.24) is 15.0 Å². The Labute approximate surface area is 232 Å². The third-order valence-corrected chi connectivity index (χ3v) is 4.81. The molecular formula is C18H16N3Na2O9P. The topological polar surface area (TPSA) is 149 Å². The molecule has 0 atom stereocenters. The number of nitrogens with zero attached hydrogens (tertiary/aromatic N) is 3. The van der Waals surface area contributed by atoms with Crippen LogP contribution in [0.5, 0.6) is 34.5 Å². The summed E-state index contributed by atoms with van der Waals surface area (Å²) in [6, 6.07) is 6.23. The van der Waals surface area contributed by atoms with Gasteiger partial charge in [0, 0.05) is 17.7 Å². The molecule has 12 nitrogen and oxygen atoms in total. The number of phosphoric ester groups is 1. The smallest absolute Gasteiger partial charge is 0.780 e. The van der Waals surface area contributed by atoms with E-state index in [1.807, 2.05) is 0 Å². The SMILES string of the molecule is COc1cc(-c2cnnn2-c2cc(OC)c3c(c2)OCO3)cc(OP(=O)([O-])[O-])c1OC.[Na+].[Na+]. The molecule has 0 bridgehead atoms. The van der Waals surface area contributed by atoms with Crippen molar-refractivity contribution in [3.8, 4) is 51.4 Å². The zero-order valence-corrected chi connectivity index (χ0v) is 23.5. The summed E-state index contributed by atoms with van der Waals surface area (Å²) < 4.78 is 43.9. The molecule has 0 saturated carbocycles. The standard InChI is InChI=1S/C18H18N3O9P.2Na/c1-25-13-4-10(5-16(17(13)27-3)30-31(22,23)24)12-8-19-20-21(12)11-6-14(26-2)18-15(7-11)28-9-29-18;;/h4-8H,9H2,1-3H3,(H2,22,23,24);;/q;2*+1/p-2. The predicted molar refractivity (Wildman–Crippen MR) is 101 cm³/mol. The predicted octanol–water partition coefficient (Wildman–Crippen LogP) is -5.10. The molecule has 4 rings (SSSR count). The molecule has 0 amide bonds. The Morgan fingerprint density at radius 1 is 0.970 bits per heavy atom. The van der Waals surface area contributed by atoms with E-state index in [9.17, 15) is 14.4 Å². The van der Waals surface area contributed by atoms with Crippen LogP contribution in [0.15, 0.2) is 30.5 Å². The molecule has 164 valence electrons. The number of ether oxygens (including phenoxy) is 5. The van der Waals surface area contributed by atoms with Gasteiger partial charge in [0.15, 0.2) is 23.0 Å². The zero-order chi connectivity index (χ0) is 22.2. The summed E-state index contributed by atoms with van der Waals surface area (Å²) in [6.07, 6.45) is 1.44. The molecule has 0 saturated heterocycles. The van der Waals surface area contributed by atoms with Crippen LogP contribution in [-0.4, -0.2) is 43.1 Å². The monoisotopic (exact) mass is 495 g/mol. The maximum absolute atomic E-state index is 11.2. The van der Waals surface area contributed by atoms with Crippen molar-refractivity contribution in [2.75, 3.05) is 28.1 Å². The minimum Gasteiger partial charge on any atom is -0.780 e. The normalized spacial score (nSPS) is 11.8. The molecular weight excluding hydrogens is 479 g/mol. The fourth-order valence-electron chi connectivity index (χ4n) is 3.13. The van der Waals surface area contributed by atoms with E-state index in [1.54, 1.807) is 18.2 Å². The summed E-state index contributed by atoms with van der Waals surface area (Å²) in [4.78, 5) is 22.4. The van der Waals surface area contributed by atoms with Crippen LogP contribution in [0.1, 0.15) is 0 Å². The summed E-state index contributed by atoms with van der Waals surface area (Å²) in [5, 5.41) is 8.02. The number of rotatable bonds is 7. The molecule has 33 heavy (non-hydrogen) atoms. The van der Waals surface area contributed by atoms with E-state index >= 15 is 0 Å². The summed E-state index contributed by atoms with van der Waals surface area (Å²) >= 11 is 0. The molecule has 0 N–H and O–H groups in total. The van der Waals surface area contributed by atoms with E-state index in [4.69, 9.17) is 23.7 Å². The first-order valence-corrected chi connectivity index (χ1v) is 10.2. The Morgan fingerprint density at radius 3 is 2.30 bits per heavy atom. The second kappa shape index (κ2) is 11.3. The quantitative estimate of drug-likeness (QED) is 0.229. The van der Waals surface area contributed by atoms with Crippen LogP contribution in [0, 0.1) is 0 Å². The molecule has 1 aliphatic heterocycles. The van der Waals surface area contributed by atoms with Crippen molar-refractivity contribution in [2.24, 2.45) is 0 Å². The molecule has 0 radical (unpaired) electrons. The van der Waals surface area contributed by atoms with E-state index < -0.39 is 7.82 Å². The van der Waals surface area contributed by atoms with Crippen molar-refractivity contribution >= 4 is 7.82 Å². The second-order valence-corrected chi connectivity index (χ2v) is 7.24. The average molecular weight is 495 g/mol. The van der Waals surface area contributed by atoms with Crippen LogP contribution < -0.4 is 97.1 Å². The summed E-state index contributed by atoms with van der Waals surface area (Å²) in [5.74, 6) is 1.12. The van der Waals surface area contributed by atoms with Gasteiger partial charge in [-0.3, -0.25) is 0 Å². The summed E-state index contributed by atoms with van der Waals surface area (Å²) in [5.41, 5.74) is 1.35. The maximum Gasteiger partial charge on any atom is 1.00 e. The number of phosphoric acid groups is 1. The number of hydrogen-bond acceptors (Lipinski definition) is 11. The Morgan fingerprint density at radius 2 is 1.67 bits per heavy atom. The van der Waals surface area contributed by atoms with E-state index in [2.05, 4.69) is 14.8 Å². The van der Waals surface area contributed by atoms with Gasteiger partial charge in [0.2, 0.25) is 18.3 Å². The van der Waals surface area contributed by atoms with Gasteiger partial charge < -0.3 is 42.6 Å². The molecule has 0 unspecified atom stereocenters. The Kier molecular flexibility index (Phi) is 9.51. The first kappa shape index (κ1) is 27.8. The van der Waals surface area contributed by atoms with Crippen LogP contribution >= 0.6 is 7.82 Å². The molecule has 0 spiro atoms. The van der Waals surface area contributed by atoms with Crippen molar-refractivity contribution in [3.63, 3.8) is 0 Å². The Hall–Kier alpha value is -1.47. The molecule has 15 heteroatoms. The first-order chi connectivity index (χ1) is 14.8. The van der Waals surface area contributed by atoms with E-state index in [0.29, 0.717) is 34.2 Å². The third kappa shape index (κ3) is 5.79. The van der Waals surface area contributed by atoms with Gasteiger partial charge >= 0.3 is 59.1 Å². The van der Waals surface area contributed by atoms with Crippen molar-refractivity contribution in [1.29, 1.82) is 0 Å². The van der Waals surface area contributed by atoms with Crippen LogP contribution in [0.3, 0.4) is 0 Å². The minimum absolute atomic E-state index is 0. The maximum atomic E-state index is 11.2. The number of aromatic nitrogens is 3.